The van der Waals surface area contributed by atoms with Crippen molar-refractivity contribution >= 4 is 24.0 Å². The third-order valence-electron chi connectivity index (χ3n) is 8.09. The van der Waals surface area contributed by atoms with Crippen molar-refractivity contribution in [3.8, 4) is 17.0 Å². The molecular weight excluding hydrogens is 640 g/mol. The summed E-state index contributed by atoms with van der Waals surface area (Å²) in [5.41, 5.74) is 1.35. The molecule has 2 fully saturated rings. The maximum Gasteiger partial charge on any atom is 0.407 e. The molecule has 0 saturated carbocycles. The standard InChI is InChI=1S/C35H39F2N5O7/c1-35(2,3)49-33(45)38-10-8-22-16-24(18-27(37)17-22)31(43)40-12-14-41(15-13-40)32(44)25-19-29(23-4-6-26(36)7-5-23)30(39-20-25)48-28-9-11-42(21-28)34(46)47/h4-7,16-20,28H,8-15,21H2,1-3H3,(H,38,45)(H,46,47)/t28-/m0/s1. The Bertz CT molecular complexity index is 1710. The van der Waals surface area contributed by atoms with Crippen LogP contribution in [0.4, 0.5) is 18.4 Å². The van der Waals surface area contributed by atoms with E-state index in [4.69, 9.17) is 9.47 Å². The molecule has 0 spiro atoms. The summed E-state index contributed by atoms with van der Waals surface area (Å²) >= 11 is 0. The maximum absolute atomic E-state index is 14.5. The Hall–Kier alpha value is -5.27. The number of pyridine rings is 1. The highest BCUT2D eigenvalue weighted by atomic mass is 19.1. The number of nitrogens with one attached hydrogen (secondary N) is 1. The second-order valence-electron chi connectivity index (χ2n) is 13.0. The first-order valence-corrected chi connectivity index (χ1v) is 16.0. The number of hydrogen-bond acceptors (Lipinski definition) is 7. The maximum atomic E-state index is 14.5. The highest BCUT2D eigenvalue weighted by molar-refractivity contribution is 5.97. The molecule has 0 aliphatic carbocycles. The van der Waals surface area contributed by atoms with E-state index in [1.807, 2.05) is 0 Å². The van der Waals surface area contributed by atoms with Gasteiger partial charge in [-0.1, -0.05) is 12.1 Å². The lowest BCUT2D eigenvalue weighted by Crippen LogP contribution is -2.50. The number of alkyl carbamates (subject to hydrolysis) is 1. The van der Waals surface area contributed by atoms with Gasteiger partial charge in [-0.2, -0.15) is 0 Å². The van der Waals surface area contributed by atoms with E-state index in [0.29, 0.717) is 36.1 Å². The summed E-state index contributed by atoms with van der Waals surface area (Å²) in [6, 6.07) is 11.4. The minimum atomic E-state index is -1.04. The average molecular weight is 680 g/mol. The number of carbonyl (C=O) groups excluding carboxylic acids is 3. The molecule has 2 aliphatic rings. The number of aromatic nitrogens is 1. The van der Waals surface area contributed by atoms with Crippen molar-refractivity contribution in [2.24, 2.45) is 0 Å². The Morgan fingerprint density at radius 1 is 0.878 bits per heavy atom. The number of carboxylic acid groups (broad SMARTS) is 1. The molecule has 1 atom stereocenters. The summed E-state index contributed by atoms with van der Waals surface area (Å²) in [5, 5.41) is 11.9. The van der Waals surface area contributed by atoms with Crippen LogP contribution in [0.2, 0.25) is 0 Å². The molecule has 3 heterocycles. The van der Waals surface area contributed by atoms with Gasteiger partial charge in [0.05, 0.1) is 12.1 Å². The summed E-state index contributed by atoms with van der Waals surface area (Å²) in [7, 11) is 0. The number of carbonyl (C=O) groups is 4. The number of ether oxygens (including phenoxy) is 2. The Morgan fingerprint density at radius 2 is 1.53 bits per heavy atom. The second kappa shape index (κ2) is 14.9. The van der Waals surface area contributed by atoms with E-state index in [1.54, 1.807) is 54.8 Å². The molecule has 4 amide bonds. The van der Waals surface area contributed by atoms with Gasteiger partial charge >= 0.3 is 12.2 Å². The summed E-state index contributed by atoms with van der Waals surface area (Å²) in [4.78, 5) is 59.0. The first-order chi connectivity index (χ1) is 23.3. The van der Waals surface area contributed by atoms with Crippen LogP contribution in [-0.4, -0.2) is 106 Å². The molecule has 49 heavy (non-hydrogen) atoms. The van der Waals surface area contributed by atoms with Crippen molar-refractivity contribution in [1.29, 1.82) is 0 Å². The van der Waals surface area contributed by atoms with Gasteiger partial charge in [-0.25, -0.2) is 23.4 Å². The topological polar surface area (TPSA) is 142 Å². The molecule has 2 saturated heterocycles. The molecule has 2 aromatic carbocycles. The molecule has 0 bridgehead atoms. The van der Waals surface area contributed by atoms with Crippen LogP contribution in [0, 0.1) is 11.6 Å². The van der Waals surface area contributed by atoms with Gasteiger partial charge in [0.2, 0.25) is 5.88 Å². The third kappa shape index (κ3) is 9.21. The van der Waals surface area contributed by atoms with Gasteiger partial charge in [-0.15, -0.1) is 0 Å². The van der Waals surface area contributed by atoms with Crippen molar-refractivity contribution in [2.45, 2.75) is 45.3 Å². The van der Waals surface area contributed by atoms with Crippen molar-refractivity contribution in [2.75, 3.05) is 45.8 Å². The highest BCUT2D eigenvalue weighted by Crippen LogP contribution is 2.32. The van der Waals surface area contributed by atoms with Crippen LogP contribution in [0.1, 0.15) is 53.5 Å². The SMILES string of the molecule is CC(C)(C)OC(=O)NCCc1cc(F)cc(C(=O)N2CCN(C(=O)c3cnc(O[C@H]4CCN(C(=O)O)C4)c(-c4ccc(F)cc4)c3)CC2)c1. The van der Waals surface area contributed by atoms with E-state index in [2.05, 4.69) is 10.3 Å². The van der Waals surface area contributed by atoms with E-state index in [9.17, 15) is 33.1 Å². The molecule has 0 unspecified atom stereocenters. The monoisotopic (exact) mass is 679 g/mol. The van der Waals surface area contributed by atoms with Crippen molar-refractivity contribution in [1.82, 2.24) is 25.0 Å². The third-order valence-corrected chi connectivity index (χ3v) is 8.09. The molecule has 3 aromatic rings. The molecule has 2 aliphatic heterocycles. The highest BCUT2D eigenvalue weighted by Gasteiger charge is 2.30. The van der Waals surface area contributed by atoms with Crippen LogP contribution < -0.4 is 10.1 Å². The minimum Gasteiger partial charge on any atom is -0.472 e. The molecular formula is C35H39F2N5O7. The first kappa shape index (κ1) is 35.0. The first-order valence-electron chi connectivity index (χ1n) is 16.0. The Kier molecular flexibility index (Phi) is 10.6. The molecule has 2 N–H and O–H groups in total. The van der Waals surface area contributed by atoms with Gasteiger partial charge in [0.15, 0.2) is 0 Å². The number of likely N-dealkylation sites (tertiary alicyclic amines) is 1. The van der Waals surface area contributed by atoms with Gasteiger partial charge < -0.3 is 34.6 Å². The van der Waals surface area contributed by atoms with Crippen LogP contribution in [0.5, 0.6) is 5.88 Å². The summed E-state index contributed by atoms with van der Waals surface area (Å²) in [6.07, 6.45) is 0.0982. The smallest absolute Gasteiger partial charge is 0.407 e. The number of rotatable bonds is 8. The lowest BCUT2D eigenvalue weighted by Gasteiger charge is -2.35. The fourth-order valence-electron chi connectivity index (χ4n) is 5.67. The Morgan fingerprint density at radius 3 is 2.14 bits per heavy atom. The second-order valence-corrected chi connectivity index (χ2v) is 13.0. The summed E-state index contributed by atoms with van der Waals surface area (Å²) < 4.78 is 39.5. The number of amides is 4. The zero-order valence-electron chi connectivity index (χ0n) is 27.6. The predicted molar refractivity (Wildman–Crippen MR) is 174 cm³/mol. The quantitative estimate of drug-likeness (QED) is 0.345. The molecule has 12 nitrogen and oxygen atoms in total. The number of hydrogen-bond donors (Lipinski definition) is 2. The molecule has 0 radical (unpaired) electrons. The summed E-state index contributed by atoms with van der Waals surface area (Å²) in [5.74, 6) is -1.50. The van der Waals surface area contributed by atoms with E-state index < -0.39 is 35.5 Å². The Balaban J connectivity index is 1.22. The van der Waals surface area contributed by atoms with Crippen molar-refractivity contribution < 1.29 is 42.5 Å². The number of benzene rings is 2. The number of piperazine rings is 1. The predicted octanol–water partition coefficient (Wildman–Crippen LogP) is 4.82. The van der Waals surface area contributed by atoms with E-state index in [0.717, 1.165) is 0 Å². The zero-order chi connectivity index (χ0) is 35.3. The largest absolute Gasteiger partial charge is 0.472 e. The van der Waals surface area contributed by atoms with E-state index in [-0.39, 0.29) is 68.1 Å². The number of halogens is 2. The van der Waals surface area contributed by atoms with E-state index in [1.165, 1.54) is 35.4 Å². The lowest BCUT2D eigenvalue weighted by atomic mass is 10.0. The summed E-state index contributed by atoms with van der Waals surface area (Å²) in [6.45, 7) is 6.84. The minimum absolute atomic E-state index is 0.171. The van der Waals surface area contributed by atoms with Crippen LogP contribution in [0.25, 0.3) is 11.1 Å². The molecule has 14 heteroatoms. The fourth-order valence-corrected chi connectivity index (χ4v) is 5.67. The Labute approximate surface area is 282 Å². The average Bonchev–Trinajstić information content (AvgIpc) is 3.53. The fraction of sp³-hybridized carbons (Fsp3) is 0.400. The van der Waals surface area contributed by atoms with Gasteiger partial charge in [0.25, 0.3) is 11.8 Å². The van der Waals surface area contributed by atoms with Crippen LogP contribution in [-0.2, 0) is 11.2 Å². The van der Waals surface area contributed by atoms with Crippen molar-refractivity contribution in [3.63, 3.8) is 0 Å². The van der Waals surface area contributed by atoms with Crippen LogP contribution in [0.15, 0.2) is 54.7 Å². The van der Waals surface area contributed by atoms with Gasteiger partial charge in [-0.3, -0.25) is 9.59 Å². The molecule has 1 aromatic heterocycles. The molecule has 5 rings (SSSR count). The van der Waals surface area contributed by atoms with Gasteiger partial charge in [0, 0.05) is 63.0 Å². The normalized spacial score (nSPS) is 16.3. The molecule has 260 valence electrons. The zero-order valence-corrected chi connectivity index (χ0v) is 27.6. The number of nitrogens with zero attached hydrogens (tertiary/aromatic N) is 4. The van der Waals surface area contributed by atoms with Gasteiger partial charge in [0.1, 0.15) is 23.3 Å². The van der Waals surface area contributed by atoms with E-state index >= 15 is 0 Å². The van der Waals surface area contributed by atoms with Gasteiger partial charge in [-0.05, 0) is 74.7 Å². The lowest BCUT2D eigenvalue weighted by molar-refractivity contribution is 0.0527. The van der Waals surface area contributed by atoms with Crippen molar-refractivity contribution in [3.05, 3.63) is 83.1 Å². The van der Waals surface area contributed by atoms with Crippen LogP contribution >= 0.6 is 0 Å². The van der Waals surface area contributed by atoms with Crippen LogP contribution in [0.3, 0.4) is 0 Å².